The average Bonchev–Trinajstić information content (AvgIpc) is 2.16. The van der Waals surface area contributed by atoms with E-state index in [-0.39, 0.29) is 0 Å². The average molecular weight is 189 g/mol. The fourth-order valence-corrected chi connectivity index (χ4v) is 1.94. The van der Waals surface area contributed by atoms with Crippen LogP contribution in [-0.4, -0.2) is 0 Å². The largest absolute Gasteiger partial charge is 0.0617 e. The lowest BCUT2D eigenvalue weighted by Crippen LogP contribution is -2.00. The predicted octanol–water partition coefficient (Wildman–Crippen LogP) is 4.51. The smallest absolute Gasteiger partial charge is 0.0118 e. The summed E-state index contributed by atoms with van der Waals surface area (Å²) in [6.07, 6.45) is 2.24. The van der Waals surface area contributed by atoms with Crippen molar-refractivity contribution in [2.45, 2.75) is 46.5 Å². The standard InChI is InChI=1S/C14H21/c1-6-12-13(10(2)3)8-7-9-14(12)11(4)5/h6-11H,1-5H3. The maximum Gasteiger partial charge on any atom is -0.0118 e. The van der Waals surface area contributed by atoms with E-state index >= 15 is 0 Å². The van der Waals surface area contributed by atoms with Crippen molar-refractivity contribution in [3.63, 3.8) is 0 Å². The Balaban J connectivity index is 3.25. The highest BCUT2D eigenvalue weighted by molar-refractivity contribution is 5.43. The zero-order valence-corrected chi connectivity index (χ0v) is 9.96. The van der Waals surface area contributed by atoms with Gasteiger partial charge >= 0.3 is 0 Å². The Hall–Kier alpha value is -0.780. The molecule has 0 unspecified atom stereocenters. The van der Waals surface area contributed by atoms with Gasteiger partial charge in [-0.25, -0.2) is 0 Å². The van der Waals surface area contributed by atoms with Gasteiger partial charge in [0.15, 0.2) is 0 Å². The second-order valence-corrected chi connectivity index (χ2v) is 4.45. The minimum Gasteiger partial charge on any atom is -0.0617 e. The van der Waals surface area contributed by atoms with E-state index < -0.39 is 0 Å². The quantitative estimate of drug-likeness (QED) is 0.656. The number of benzene rings is 1. The van der Waals surface area contributed by atoms with E-state index in [1.165, 1.54) is 16.7 Å². The minimum absolute atomic E-state index is 0.611. The van der Waals surface area contributed by atoms with Crippen molar-refractivity contribution in [3.8, 4) is 0 Å². The molecule has 0 aliphatic heterocycles. The fraction of sp³-hybridized carbons (Fsp3) is 0.500. The Morgan fingerprint density at radius 1 is 0.929 bits per heavy atom. The molecule has 0 saturated carbocycles. The maximum absolute atomic E-state index is 2.26. The third-order valence-corrected chi connectivity index (χ3v) is 2.71. The predicted molar refractivity (Wildman–Crippen MR) is 63.7 cm³/mol. The van der Waals surface area contributed by atoms with Gasteiger partial charge < -0.3 is 0 Å². The summed E-state index contributed by atoms with van der Waals surface area (Å²) >= 11 is 0. The van der Waals surface area contributed by atoms with Crippen LogP contribution in [0.4, 0.5) is 0 Å². The summed E-state index contributed by atoms with van der Waals surface area (Å²) in [5, 5.41) is 0. The van der Waals surface area contributed by atoms with Gasteiger partial charge in [-0.15, -0.1) is 0 Å². The van der Waals surface area contributed by atoms with Crippen molar-refractivity contribution in [2.24, 2.45) is 0 Å². The molecule has 0 saturated heterocycles. The third-order valence-electron chi connectivity index (χ3n) is 2.71. The van der Waals surface area contributed by atoms with E-state index in [0.29, 0.717) is 11.8 Å². The molecule has 0 bridgehead atoms. The van der Waals surface area contributed by atoms with Crippen molar-refractivity contribution < 1.29 is 0 Å². The van der Waals surface area contributed by atoms with Gasteiger partial charge in [0.05, 0.1) is 0 Å². The monoisotopic (exact) mass is 189 g/mol. The molecule has 0 aromatic heterocycles. The van der Waals surface area contributed by atoms with E-state index in [9.17, 15) is 0 Å². The highest BCUT2D eigenvalue weighted by atomic mass is 14.2. The molecule has 0 atom stereocenters. The van der Waals surface area contributed by atoms with Crippen LogP contribution in [-0.2, 0) is 0 Å². The first-order valence-corrected chi connectivity index (χ1v) is 5.50. The molecule has 0 spiro atoms. The van der Waals surface area contributed by atoms with Crippen LogP contribution in [0, 0.1) is 6.42 Å². The van der Waals surface area contributed by atoms with E-state index in [1.807, 2.05) is 0 Å². The Kier molecular flexibility index (Phi) is 3.74. The van der Waals surface area contributed by atoms with E-state index in [2.05, 4.69) is 59.2 Å². The first-order valence-electron chi connectivity index (χ1n) is 5.50. The number of rotatable bonds is 3. The molecule has 0 amide bonds. The van der Waals surface area contributed by atoms with Gasteiger partial charge in [-0.3, -0.25) is 0 Å². The van der Waals surface area contributed by atoms with Gasteiger partial charge in [-0.2, -0.15) is 0 Å². The number of hydrogen-bond donors (Lipinski definition) is 0. The zero-order valence-electron chi connectivity index (χ0n) is 9.96. The van der Waals surface area contributed by atoms with Crippen LogP contribution in [0.2, 0.25) is 0 Å². The van der Waals surface area contributed by atoms with Crippen molar-refractivity contribution in [3.05, 3.63) is 41.3 Å². The first kappa shape index (κ1) is 11.3. The highest BCUT2D eigenvalue weighted by Crippen LogP contribution is 2.28. The van der Waals surface area contributed by atoms with Crippen LogP contribution in [0.25, 0.3) is 0 Å². The second-order valence-electron chi connectivity index (χ2n) is 4.45. The van der Waals surface area contributed by atoms with E-state index in [0.717, 1.165) is 0 Å². The molecule has 1 rings (SSSR count). The minimum atomic E-state index is 0.611. The molecule has 77 valence electrons. The van der Waals surface area contributed by atoms with Crippen molar-refractivity contribution in [1.29, 1.82) is 0 Å². The van der Waals surface area contributed by atoms with Gasteiger partial charge in [0.25, 0.3) is 0 Å². The van der Waals surface area contributed by atoms with Crippen molar-refractivity contribution in [1.82, 2.24) is 0 Å². The van der Waals surface area contributed by atoms with Crippen LogP contribution in [0.5, 0.6) is 0 Å². The molecule has 0 aliphatic carbocycles. The molecular formula is C14H21. The lowest BCUT2D eigenvalue weighted by molar-refractivity contribution is 0.820. The SMILES string of the molecule is C[CH]c1c(C(C)C)cccc1C(C)C. The molecule has 0 heterocycles. The fourth-order valence-electron chi connectivity index (χ4n) is 1.94. The summed E-state index contributed by atoms with van der Waals surface area (Å²) in [4.78, 5) is 0. The molecule has 0 aliphatic rings. The topological polar surface area (TPSA) is 0 Å². The second kappa shape index (κ2) is 4.63. The molecule has 1 aromatic rings. The molecule has 0 fully saturated rings. The summed E-state index contributed by atoms with van der Waals surface area (Å²) in [5.74, 6) is 1.22. The lowest BCUT2D eigenvalue weighted by atomic mass is 9.87. The Bertz CT molecular complexity index is 269. The molecule has 1 aromatic carbocycles. The Morgan fingerprint density at radius 3 is 1.64 bits per heavy atom. The first-order chi connectivity index (χ1) is 6.57. The molecule has 0 N–H and O–H groups in total. The lowest BCUT2D eigenvalue weighted by Gasteiger charge is -2.18. The van der Waals surface area contributed by atoms with Crippen molar-refractivity contribution in [2.75, 3.05) is 0 Å². The summed E-state index contributed by atoms with van der Waals surface area (Å²) in [6, 6.07) is 6.66. The number of hydrogen-bond acceptors (Lipinski definition) is 0. The third kappa shape index (κ3) is 2.17. The van der Waals surface area contributed by atoms with Crippen LogP contribution in [0.3, 0.4) is 0 Å². The van der Waals surface area contributed by atoms with Crippen LogP contribution < -0.4 is 0 Å². The van der Waals surface area contributed by atoms with Crippen LogP contribution in [0.15, 0.2) is 18.2 Å². The summed E-state index contributed by atoms with van der Waals surface area (Å²) in [5.41, 5.74) is 4.38. The van der Waals surface area contributed by atoms with Gasteiger partial charge in [0.1, 0.15) is 0 Å². The summed E-state index contributed by atoms with van der Waals surface area (Å²) in [7, 11) is 0. The zero-order chi connectivity index (χ0) is 10.7. The molecule has 0 nitrogen and oxygen atoms in total. The van der Waals surface area contributed by atoms with E-state index in [4.69, 9.17) is 0 Å². The Morgan fingerprint density at radius 2 is 1.36 bits per heavy atom. The van der Waals surface area contributed by atoms with E-state index in [1.54, 1.807) is 0 Å². The normalized spacial score (nSPS) is 11.4. The van der Waals surface area contributed by atoms with Gasteiger partial charge in [0.2, 0.25) is 0 Å². The molecule has 0 heteroatoms. The van der Waals surface area contributed by atoms with Gasteiger partial charge in [0, 0.05) is 0 Å². The van der Waals surface area contributed by atoms with Crippen LogP contribution in [0.1, 0.15) is 63.1 Å². The summed E-state index contributed by atoms with van der Waals surface area (Å²) in [6.45, 7) is 11.2. The van der Waals surface area contributed by atoms with Crippen molar-refractivity contribution >= 4 is 0 Å². The Labute approximate surface area is 88.4 Å². The summed E-state index contributed by atoms with van der Waals surface area (Å²) < 4.78 is 0. The highest BCUT2D eigenvalue weighted by Gasteiger charge is 2.11. The molecular weight excluding hydrogens is 168 g/mol. The van der Waals surface area contributed by atoms with Gasteiger partial charge in [-0.05, 0) is 34.9 Å². The van der Waals surface area contributed by atoms with Crippen LogP contribution >= 0.6 is 0 Å². The molecule has 1 radical (unpaired) electrons. The van der Waals surface area contributed by atoms with Gasteiger partial charge in [-0.1, -0.05) is 52.8 Å². The molecule has 14 heavy (non-hydrogen) atoms. The maximum atomic E-state index is 2.26.